The number of furan rings is 1. The third kappa shape index (κ3) is 2.35. The van der Waals surface area contributed by atoms with Crippen molar-refractivity contribution in [3.63, 3.8) is 0 Å². The molecule has 0 aliphatic heterocycles. The van der Waals surface area contributed by atoms with Gasteiger partial charge in [-0.1, -0.05) is 27.5 Å². The summed E-state index contributed by atoms with van der Waals surface area (Å²) in [6.07, 6.45) is 1.59. The second-order valence-corrected chi connectivity index (χ2v) is 5.42. The quantitative estimate of drug-likeness (QED) is 0.851. The topological polar surface area (TPSA) is 39.2 Å². The summed E-state index contributed by atoms with van der Waals surface area (Å²) in [5, 5.41) is 0.649. The van der Waals surface area contributed by atoms with Crippen LogP contribution in [-0.2, 0) is 0 Å². The predicted octanol–water partition coefficient (Wildman–Crippen LogP) is 4.51. The first-order valence-corrected chi connectivity index (χ1v) is 6.49. The average molecular weight is 365 g/mol. The molecule has 84 valence electrons. The molecule has 0 amide bonds. The molecule has 1 heterocycles. The van der Waals surface area contributed by atoms with Gasteiger partial charge in [-0.25, -0.2) is 0 Å². The Balaban J connectivity index is 2.45. The number of hydrogen-bond acceptors (Lipinski definition) is 2. The van der Waals surface area contributed by atoms with Crippen molar-refractivity contribution in [2.45, 2.75) is 6.04 Å². The largest absolute Gasteiger partial charge is 0.466 e. The van der Waals surface area contributed by atoms with Crippen LogP contribution in [0.2, 0.25) is 5.02 Å². The minimum Gasteiger partial charge on any atom is -0.466 e. The molecule has 1 unspecified atom stereocenters. The smallest absolute Gasteiger partial charge is 0.139 e. The van der Waals surface area contributed by atoms with Crippen molar-refractivity contribution in [2.75, 3.05) is 0 Å². The second-order valence-electron chi connectivity index (χ2n) is 3.28. The molecule has 0 aliphatic carbocycles. The maximum absolute atomic E-state index is 6.12. The highest BCUT2D eigenvalue weighted by Gasteiger charge is 2.18. The highest BCUT2D eigenvalue weighted by atomic mass is 79.9. The van der Waals surface area contributed by atoms with Gasteiger partial charge in [-0.05, 0) is 45.8 Å². The van der Waals surface area contributed by atoms with E-state index in [2.05, 4.69) is 31.9 Å². The molecule has 1 atom stereocenters. The van der Waals surface area contributed by atoms with Gasteiger partial charge in [0.15, 0.2) is 0 Å². The van der Waals surface area contributed by atoms with E-state index in [0.29, 0.717) is 10.8 Å². The van der Waals surface area contributed by atoms with Gasteiger partial charge in [0.25, 0.3) is 0 Å². The van der Waals surface area contributed by atoms with Crippen LogP contribution < -0.4 is 5.73 Å². The first-order chi connectivity index (χ1) is 7.59. The molecular weight excluding hydrogens is 357 g/mol. The van der Waals surface area contributed by atoms with Crippen molar-refractivity contribution in [2.24, 2.45) is 5.73 Å². The Morgan fingerprint density at radius 1 is 1.19 bits per heavy atom. The Hall–Kier alpha value is -0.290. The van der Waals surface area contributed by atoms with Crippen LogP contribution >= 0.6 is 43.5 Å². The van der Waals surface area contributed by atoms with E-state index < -0.39 is 0 Å². The van der Waals surface area contributed by atoms with Crippen LogP contribution in [0.1, 0.15) is 17.4 Å². The second kappa shape index (κ2) is 4.92. The van der Waals surface area contributed by atoms with Crippen LogP contribution in [0.15, 0.2) is 43.9 Å². The number of hydrogen-bond donors (Lipinski definition) is 1. The zero-order valence-corrected chi connectivity index (χ0v) is 12.0. The molecule has 0 saturated carbocycles. The molecule has 0 fully saturated rings. The Bertz CT molecular complexity index is 512. The molecule has 1 aromatic carbocycles. The number of halogens is 3. The van der Waals surface area contributed by atoms with Crippen LogP contribution in [0.25, 0.3) is 0 Å². The summed E-state index contributed by atoms with van der Waals surface area (Å²) in [6.45, 7) is 0. The highest BCUT2D eigenvalue weighted by Crippen LogP contribution is 2.33. The maximum atomic E-state index is 6.12. The molecule has 0 aliphatic rings. The predicted molar refractivity (Wildman–Crippen MR) is 71.6 cm³/mol. The molecular formula is C11H8Br2ClNO. The molecule has 0 saturated heterocycles. The molecule has 16 heavy (non-hydrogen) atoms. The Morgan fingerprint density at radius 2 is 1.94 bits per heavy atom. The molecule has 2 N–H and O–H groups in total. The molecule has 0 bridgehead atoms. The van der Waals surface area contributed by atoms with Crippen molar-refractivity contribution >= 4 is 43.5 Å². The fourth-order valence-electron chi connectivity index (χ4n) is 1.42. The Morgan fingerprint density at radius 3 is 2.56 bits per heavy atom. The summed E-state index contributed by atoms with van der Waals surface area (Å²) >= 11 is 12.8. The normalized spacial score (nSPS) is 12.8. The van der Waals surface area contributed by atoms with Crippen molar-refractivity contribution in [3.05, 3.63) is 55.8 Å². The highest BCUT2D eigenvalue weighted by molar-refractivity contribution is 9.10. The number of benzene rings is 1. The van der Waals surface area contributed by atoms with Gasteiger partial charge >= 0.3 is 0 Å². The zero-order valence-electron chi connectivity index (χ0n) is 8.08. The molecule has 0 radical (unpaired) electrons. The third-order valence-corrected chi connectivity index (χ3v) is 3.83. The van der Waals surface area contributed by atoms with E-state index in [1.54, 1.807) is 12.3 Å². The van der Waals surface area contributed by atoms with E-state index in [-0.39, 0.29) is 6.04 Å². The molecule has 2 nitrogen and oxygen atoms in total. The molecule has 1 aromatic heterocycles. The lowest BCUT2D eigenvalue weighted by atomic mass is 10.1. The first kappa shape index (κ1) is 12.2. The maximum Gasteiger partial charge on any atom is 0.139 e. The van der Waals surface area contributed by atoms with Crippen molar-refractivity contribution in [3.8, 4) is 0 Å². The molecule has 5 heteroatoms. The van der Waals surface area contributed by atoms with Gasteiger partial charge in [-0.3, -0.25) is 0 Å². The van der Waals surface area contributed by atoms with E-state index in [1.807, 2.05) is 18.2 Å². The van der Waals surface area contributed by atoms with E-state index in [0.717, 1.165) is 14.5 Å². The van der Waals surface area contributed by atoms with Crippen molar-refractivity contribution in [1.29, 1.82) is 0 Å². The lowest BCUT2D eigenvalue weighted by molar-refractivity contribution is 0.487. The van der Waals surface area contributed by atoms with Gasteiger partial charge in [-0.2, -0.15) is 0 Å². The average Bonchev–Trinajstić information content (AvgIpc) is 2.67. The van der Waals surface area contributed by atoms with E-state index in [9.17, 15) is 0 Å². The molecule has 2 aromatic rings. The van der Waals surface area contributed by atoms with Crippen LogP contribution in [0.4, 0.5) is 0 Å². The lowest BCUT2D eigenvalue weighted by Crippen LogP contribution is -2.12. The minimum absolute atomic E-state index is 0.350. The van der Waals surface area contributed by atoms with Gasteiger partial charge in [0.05, 0.1) is 16.8 Å². The van der Waals surface area contributed by atoms with Gasteiger partial charge < -0.3 is 10.2 Å². The Kier molecular flexibility index (Phi) is 3.74. The summed E-state index contributed by atoms with van der Waals surface area (Å²) in [5.74, 6) is 0.683. The zero-order chi connectivity index (χ0) is 11.7. The van der Waals surface area contributed by atoms with Crippen LogP contribution in [0.3, 0.4) is 0 Å². The molecule has 0 spiro atoms. The lowest BCUT2D eigenvalue weighted by Gasteiger charge is -2.12. The Labute approximate surface area is 115 Å². The van der Waals surface area contributed by atoms with Gasteiger partial charge in [0.1, 0.15) is 5.76 Å². The van der Waals surface area contributed by atoms with E-state index in [1.165, 1.54) is 0 Å². The van der Waals surface area contributed by atoms with Crippen LogP contribution in [0.5, 0.6) is 0 Å². The van der Waals surface area contributed by atoms with Crippen LogP contribution in [0, 0.1) is 0 Å². The van der Waals surface area contributed by atoms with E-state index >= 15 is 0 Å². The summed E-state index contributed by atoms with van der Waals surface area (Å²) in [4.78, 5) is 0. The van der Waals surface area contributed by atoms with Crippen molar-refractivity contribution in [1.82, 2.24) is 0 Å². The number of nitrogens with two attached hydrogens (primary N) is 1. The number of rotatable bonds is 2. The summed E-state index contributed by atoms with van der Waals surface area (Å²) in [6, 6.07) is 6.96. The van der Waals surface area contributed by atoms with Gasteiger partial charge in [0, 0.05) is 9.50 Å². The first-order valence-electron chi connectivity index (χ1n) is 4.53. The monoisotopic (exact) mass is 363 g/mol. The molecule has 2 rings (SSSR count). The summed E-state index contributed by atoms with van der Waals surface area (Å²) in [7, 11) is 0. The third-order valence-electron chi connectivity index (χ3n) is 2.22. The standard InChI is InChI=1S/C11H8Br2ClNO/c12-8-2-1-6(14)5-7(8)10(15)11-9(13)3-4-16-11/h1-5,10H,15H2. The summed E-state index contributed by atoms with van der Waals surface area (Å²) in [5.41, 5.74) is 7.01. The fraction of sp³-hybridized carbons (Fsp3) is 0.0909. The summed E-state index contributed by atoms with van der Waals surface area (Å²) < 4.78 is 7.10. The van der Waals surface area contributed by atoms with E-state index in [4.69, 9.17) is 21.8 Å². The van der Waals surface area contributed by atoms with Gasteiger partial charge in [-0.15, -0.1) is 0 Å². The van der Waals surface area contributed by atoms with Crippen molar-refractivity contribution < 1.29 is 4.42 Å². The minimum atomic E-state index is -0.350. The SMILES string of the molecule is NC(c1cc(Cl)ccc1Br)c1occc1Br. The van der Waals surface area contributed by atoms with Crippen LogP contribution in [-0.4, -0.2) is 0 Å². The fourth-order valence-corrected chi connectivity index (χ4v) is 2.54. The van der Waals surface area contributed by atoms with Gasteiger partial charge in [0.2, 0.25) is 0 Å².